The molecule has 5 nitrogen and oxygen atoms in total. The number of aromatic amines is 1. The third kappa shape index (κ3) is 4.08. The molecule has 2 rings (SSSR count). The van der Waals surface area contributed by atoms with Crippen molar-refractivity contribution in [1.82, 2.24) is 20.5 Å². The molecule has 3 N–H and O–H groups in total. The number of amides is 1. The quantitative estimate of drug-likeness (QED) is 0.734. The SMILES string of the molecule is CC(C)(CC(=O)NCc1ccc[nH]1)N1CCNCC1. The third-order valence-electron chi connectivity index (χ3n) is 3.70. The second-order valence-electron chi connectivity index (χ2n) is 5.70. The van der Waals surface area contributed by atoms with Crippen molar-refractivity contribution in [3.8, 4) is 0 Å². The van der Waals surface area contributed by atoms with Crippen molar-refractivity contribution >= 4 is 5.91 Å². The van der Waals surface area contributed by atoms with E-state index in [9.17, 15) is 4.79 Å². The molecule has 0 radical (unpaired) electrons. The summed E-state index contributed by atoms with van der Waals surface area (Å²) in [5, 5.41) is 6.31. The summed E-state index contributed by atoms with van der Waals surface area (Å²) in [6.45, 7) is 8.90. The molecule has 1 amide bonds. The predicted octanol–water partition coefficient (Wildman–Crippen LogP) is 0.705. The first kappa shape index (κ1) is 14.1. The van der Waals surface area contributed by atoms with Crippen LogP contribution in [-0.4, -0.2) is 47.5 Å². The molecular weight excluding hydrogens is 240 g/mol. The van der Waals surface area contributed by atoms with Crippen molar-refractivity contribution in [3.05, 3.63) is 24.0 Å². The molecule has 1 aliphatic rings. The lowest BCUT2D eigenvalue weighted by molar-refractivity contribution is -0.124. The molecule has 0 bridgehead atoms. The normalized spacial score (nSPS) is 17.4. The molecule has 0 saturated carbocycles. The van der Waals surface area contributed by atoms with Crippen LogP contribution in [0.4, 0.5) is 0 Å². The van der Waals surface area contributed by atoms with Crippen LogP contribution in [-0.2, 0) is 11.3 Å². The van der Waals surface area contributed by atoms with Gasteiger partial charge in [0.2, 0.25) is 5.91 Å². The maximum atomic E-state index is 12.0. The van der Waals surface area contributed by atoms with Gasteiger partial charge in [0.05, 0.1) is 6.54 Å². The summed E-state index contributed by atoms with van der Waals surface area (Å²) in [6.07, 6.45) is 2.40. The summed E-state index contributed by atoms with van der Waals surface area (Å²) < 4.78 is 0. The molecule has 0 spiro atoms. The zero-order valence-electron chi connectivity index (χ0n) is 11.8. The van der Waals surface area contributed by atoms with Gasteiger partial charge < -0.3 is 15.6 Å². The fourth-order valence-corrected chi connectivity index (χ4v) is 2.51. The molecule has 0 aliphatic carbocycles. The summed E-state index contributed by atoms with van der Waals surface area (Å²) in [4.78, 5) is 17.5. The lowest BCUT2D eigenvalue weighted by Crippen LogP contribution is -2.54. The summed E-state index contributed by atoms with van der Waals surface area (Å²) in [5.41, 5.74) is 0.954. The second kappa shape index (κ2) is 6.21. The van der Waals surface area contributed by atoms with Gasteiger partial charge in [-0.1, -0.05) is 0 Å². The number of piperazine rings is 1. The number of hydrogen-bond donors (Lipinski definition) is 3. The summed E-state index contributed by atoms with van der Waals surface area (Å²) in [6, 6.07) is 3.91. The molecule has 0 unspecified atom stereocenters. The Morgan fingerprint density at radius 3 is 2.79 bits per heavy atom. The van der Waals surface area contributed by atoms with Crippen molar-refractivity contribution in [1.29, 1.82) is 0 Å². The van der Waals surface area contributed by atoms with E-state index >= 15 is 0 Å². The van der Waals surface area contributed by atoms with Crippen molar-refractivity contribution in [2.45, 2.75) is 32.4 Å². The molecule has 5 heteroatoms. The van der Waals surface area contributed by atoms with E-state index in [-0.39, 0.29) is 11.4 Å². The number of aromatic nitrogens is 1. The largest absolute Gasteiger partial charge is 0.364 e. The molecule has 0 atom stereocenters. The molecular formula is C14H24N4O. The minimum atomic E-state index is -0.0814. The molecule has 1 aromatic rings. The minimum Gasteiger partial charge on any atom is -0.364 e. The van der Waals surface area contributed by atoms with E-state index in [1.807, 2.05) is 18.3 Å². The van der Waals surface area contributed by atoms with E-state index in [1.165, 1.54) is 0 Å². The zero-order valence-corrected chi connectivity index (χ0v) is 11.8. The Hall–Kier alpha value is -1.33. The molecule has 19 heavy (non-hydrogen) atoms. The number of carbonyl (C=O) groups is 1. The van der Waals surface area contributed by atoms with E-state index in [0.29, 0.717) is 13.0 Å². The number of nitrogens with zero attached hydrogens (tertiary/aromatic N) is 1. The summed E-state index contributed by atoms with van der Waals surface area (Å²) >= 11 is 0. The van der Waals surface area contributed by atoms with Crippen LogP contribution in [0.3, 0.4) is 0 Å². The molecule has 1 aromatic heterocycles. The van der Waals surface area contributed by atoms with Crippen molar-refractivity contribution in [2.24, 2.45) is 0 Å². The second-order valence-corrected chi connectivity index (χ2v) is 5.70. The van der Waals surface area contributed by atoms with Crippen molar-refractivity contribution in [2.75, 3.05) is 26.2 Å². The first-order valence-electron chi connectivity index (χ1n) is 6.93. The van der Waals surface area contributed by atoms with Crippen LogP contribution in [0, 0.1) is 0 Å². The van der Waals surface area contributed by atoms with Gasteiger partial charge in [-0.05, 0) is 26.0 Å². The van der Waals surface area contributed by atoms with Crippen LogP contribution < -0.4 is 10.6 Å². The van der Waals surface area contributed by atoms with Gasteiger partial charge in [0, 0.05) is 50.0 Å². The number of carbonyl (C=O) groups excluding carboxylic acids is 1. The number of hydrogen-bond acceptors (Lipinski definition) is 3. The van der Waals surface area contributed by atoms with Gasteiger partial charge in [0.25, 0.3) is 0 Å². The van der Waals surface area contributed by atoms with Crippen LogP contribution in [0.1, 0.15) is 26.0 Å². The first-order valence-corrected chi connectivity index (χ1v) is 6.93. The van der Waals surface area contributed by atoms with Crippen LogP contribution in [0.15, 0.2) is 18.3 Å². The highest BCUT2D eigenvalue weighted by atomic mass is 16.1. The molecule has 0 aromatic carbocycles. The zero-order chi connectivity index (χ0) is 13.7. The van der Waals surface area contributed by atoms with E-state index in [0.717, 1.165) is 31.9 Å². The van der Waals surface area contributed by atoms with Gasteiger partial charge in [0.1, 0.15) is 0 Å². The fourth-order valence-electron chi connectivity index (χ4n) is 2.51. The standard InChI is InChI=1S/C14H24N4O/c1-14(2,18-8-6-15-7-9-18)10-13(19)17-11-12-4-3-5-16-12/h3-5,15-16H,6-11H2,1-2H3,(H,17,19). The van der Waals surface area contributed by atoms with Gasteiger partial charge in [-0.15, -0.1) is 0 Å². The van der Waals surface area contributed by atoms with Crippen molar-refractivity contribution in [3.63, 3.8) is 0 Å². The maximum absolute atomic E-state index is 12.0. The molecule has 2 heterocycles. The van der Waals surface area contributed by atoms with Gasteiger partial charge in [-0.3, -0.25) is 9.69 Å². The van der Waals surface area contributed by atoms with Gasteiger partial charge >= 0.3 is 0 Å². The summed E-state index contributed by atoms with van der Waals surface area (Å²) in [7, 11) is 0. The van der Waals surface area contributed by atoms with Crippen LogP contribution >= 0.6 is 0 Å². The van der Waals surface area contributed by atoms with Gasteiger partial charge in [0.15, 0.2) is 0 Å². The minimum absolute atomic E-state index is 0.0814. The first-order chi connectivity index (χ1) is 9.08. The Bertz CT molecular complexity index is 394. The number of H-pyrrole nitrogens is 1. The van der Waals surface area contributed by atoms with Crippen molar-refractivity contribution < 1.29 is 4.79 Å². The lowest BCUT2D eigenvalue weighted by Gasteiger charge is -2.40. The smallest absolute Gasteiger partial charge is 0.222 e. The Morgan fingerprint density at radius 2 is 2.16 bits per heavy atom. The fraction of sp³-hybridized carbons (Fsp3) is 0.643. The molecule has 106 valence electrons. The molecule has 1 fully saturated rings. The third-order valence-corrected chi connectivity index (χ3v) is 3.70. The highest BCUT2D eigenvalue weighted by Gasteiger charge is 2.30. The monoisotopic (exact) mass is 264 g/mol. The van der Waals surface area contributed by atoms with E-state index in [4.69, 9.17) is 0 Å². The van der Waals surface area contributed by atoms with Crippen LogP contribution in [0.2, 0.25) is 0 Å². The highest BCUT2D eigenvalue weighted by molar-refractivity contribution is 5.77. The molecule has 1 aliphatic heterocycles. The Labute approximate surface area is 114 Å². The van der Waals surface area contributed by atoms with E-state index in [1.54, 1.807) is 0 Å². The maximum Gasteiger partial charge on any atom is 0.222 e. The van der Waals surface area contributed by atoms with E-state index in [2.05, 4.69) is 34.4 Å². The number of rotatable bonds is 5. The topological polar surface area (TPSA) is 60.2 Å². The average Bonchev–Trinajstić information content (AvgIpc) is 2.90. The molecule has 1 saturated heterocycles. The van der Waals surface area contributed by atoms with E-state index < -0.39 is 0 Å². The predicted molar refractivity (Wildman–Crippen MR) is 75.8 cm³/mol. The Morgan fingerprint density at radius 1 is 1.42 bits per heavy atom. The summed E-state index contributed by atoms with van der Waals surface area (Å²) in [5.74, 6) is 0.109. The van der Waals surface area contributed by atoms with Gasteiger partial charge in [-0.2, -0.15) is 0 Å². The lowest BCUT2D eigenvalue weighted by atomic mass is 9.96. The van der Waals surface area contributed by atoms with Crippen LogP contribution in [0.5, 0.6) is 0 Å². The Balaban J connectivity index is 1.79. The average molecular weight is 264 g/mol. The van der Waals surface area contributed by atoms with Crippen LogP contribution in [0.25, 0.3) is 0 Å². The number of nitrogens with one attached hydrogen (secondary N) is 3. The Kier molecular flexibility index (Phi) is 4.61. The highest BCUT2D eigenvalue weighted by Crippen LogP contribution is 2.19. The van der Waals surface area contributed by atoms with Gasteiger partial charge in [-0.25, -0.2) is 0 Å².